The van der Waals surface area contributed by atoms with Gasteiger partial charge in [-0.25, -0.2) is 4.79 Å². The quantitative estimate of drug-likeness (QED) is 0.449. The van der Waals surface area contributed by atoms with E-state index in [0.717, 1.165) is 11.1 Å². The van der Waals surface area contributed by atoms with Crippen LogP contribution in [0.25, 0.3) is 0 Å². The maximum absolute atomic E-state index is 13.2. The second-order valence-electron chi connectivity index (χ2n) is 6.84. The lowest BCUT2D eigenvalue weighted by molar-refractivity contribution is 0.0277. The van der Waals surface area contributed by atoms with Crippen LogP contribution in [0.2, 0.25) is 0 Å². The first-order valence-corrected chi connectivity index (χ1v) is 9.24. The molecule has 5 heteroatoms. The predicted octanol–water partition coefficient (Wildman–Crippen LogP) is 4.94. The molecule has 1 atom stereocenters. The van der Waals surface area contributed by atoms with Crippen molar-refractivity contribution in [1.82, 2.24) is 5.16 Å². The summed E-state index contributed by atoms with van der Waals surface area (Å²) >= 11 is 0. The third-order valence-electron chi connectivity index (χ3n) is 4.65. The number of rotatable bonds is 6. The van der Waals surface area contributed by atoms with Crippen LogP contribution in [0.15, 0.2) is 53.1 Å². The average molecular weight is 377 g/mol. The standard InChI is InChI=1S/C23H23NO4/c1-5-19-20(16(4)28-24-19)23(26)27-22(18-12-8-15(3)9-13-18)21(25)17-10-6-14(2)7-11-17/h6-13,22H,5H2,1-4H3. The number of hydrogen-bond acceptors (Lipinski definition) is 5. The molecule has 0 saturated heterocycles. The van der Waals surface area contributed by atoms with Crippen molar-refractivity contribution in [3.8, 4) is 0 Å². The van der Waals surface area contributed by atoms with E-state index < -0.39 is 12.1 Å². The number of aromatic nitrogens is 1. The van der Waals surface area contributed by atoms with E-state index in [4.69, 9.17) is 9.26 Å². The van der Waals surface area contributed by atoms with Gasteiger partial charge in [-0.3, -0.25) is 4.79 Å². The Morgan fingerprint density at radius 3 is 2.11 bits per heavy atom. The number of benzene rings is 2. The number of carbonyl (C=O) groups excluding carboxylic acids is 2. The molecule has 0 aliphatic carbocycles. The summed E-state index contributed by atoms with van der Waals surface area (Å²) in [6, 6.07) is 14.6. The molecule has 1 heterocycles. The van der Waals surface area contributed by atoms with Crippen molar-refractivity contribution in [2.75, 3.05) is 0 Å². The van der Waals surface area contributed by atoms with Crippen molar-refractivity contribution in [2.45, 2.75) is 40.2 Å². The van der Waals surface area contributed by atoms with Gasteiger partial charge in [-0.2, -0.15) is 0 Å². The third-order valence-corrected chi connectivity index (χ3v) is 4.65. The molecule has 0 N–H and O–H groups in total. The Balaban J connectivity index is 1.97. The first-order valence-electron chi connectivity index (χ1n) is 9.24. The number of Topliss-reactive ketones (excluding diaryl/α,β-unsaturated/α-hetero) is 1. The highest BCUT2D eigenvalue weighted by atomic mass is 16.5. The van der Waals surface area contributed by atoms with Crippen LogP contribution >= 0.6 is 0 Å². The minimum atomic E-state index is -1.05. The summed E-state index contributed by atoms with van der Waals surface area (Å²) in [5.74, 6) is -0.502. The van der Waals surface area contributed by atoms with E-state index in [-0.39, 0.29) is 11.3 Å². The van der Waals surface area contributed by atoms with Gasteiger partial charge in [-0.15, -0.1) is 0 Å². The molecule has 0 aliphatic heterocycles. The highest BCUT2D eigenvalue weighted by Crippen LogP contribution is 2.26. The first kappa shape index (κ1) is 19.5. The van der Waals surface area contributed by atoms with E-state index in [1.165, 1.54) is 0 Å². The molecule has 1 aromatic heterocycles. The molecule has 0 radical (unpaired) electrons. The Morgan fingerprint density at radius 2 is 1.54 bits per heavy atom. The fourth-order valence-corrected chi connectivity index (χ4v) is 2.97. The molecule has 0 aliphatic rings. The largest absolute Gasteiger partial charge is 0.445 e. The second-order valence-corrected chi connectivity index (χ2v) is 6.84. The van der Waals surface area contributed by atoms with Crippen molar-refractivity contribution in [3.63, 3.8) is 0 Å². The molecule has 5 nitrogen and oxygen atoms in total. The van der Waals surface area contributed by atoms with Gasteiger partial charge in [0, 0.05) is 11.1 Å². The van der Waals surface area contributed by atoms with Gasteiger partial charge in [0.15, 0.2) is 6.10 Å². The monoisotopic (exact) mass is 377 g/mol. The van der Waals surface area contributed by atoms with Gasteiger partial charge < -0.3 is 9.26 Å². The number of hydrogen-bond donors (Lipinski definition) is 0. The summed E-state index contributed by atoms with van der Waals surface area (Å²) in [4.78, 5) is 26.0. The van der Waals surface area contributed by atoms with Crippen molar-refractivity contribution in [2.24, 2.45) is 0 Å². The molecule has 144 valence electrons. The third kappa shape index (κ3) is 4.03. The number of aryl methyl sites for hydroxylation is 4. The lowest BCUT2D eigenvalue weighted by Crippen LogP contribution is -2.21. The molecular weight excluding hydrogens is 354 g/mol. The van der Waals surface area contributed by atoms with Crippen molar-refractivity contribution in [3.05, 3.63) is 87.8 Å². The lowest BCUT2D eigenvalue weighted by atomic mass is 9.98. The Labute approximate surface area is 164 Å². The minimum absolute atomic E-state index is 0.274. The number of esters is 1. The summed E-state index contributed by atoms with van der Waals surface area (Å²) in [5.41, 5.74) is 4.02. The molecule has 3 rings (SSSR count). The van der Waals surface area contributed by atoms with Crippen molar-refractivity contribution >= 4 is 11.8 Å². The van der Waals surface area contributed by atoms with Crippen molar-refractivity contribution < 1.29 is 18.8 Å². The van der Waals surface area contributed by atoms with E-state index in [1.54, 1.807) is 31.2 Å². The second kappa shape index (κ2) is 8.21. The van der Waals surface area contributed by atoms with Crippen LogP contribution in [0.4, 0.5) is 0 Å². The molecule has 28 heavy (non-hydrogen) atoms. The van der Waals surface area contributed by atoms with E-state index in [1.807, 2.05) is 45.0 Å². The lowest BCUT2D eigenvalue weighted by Gasteiger charge is -2.18. The van der Waals surface area contributed by atoms with Crippen LogP contribution in [0.3, 0.4) is 0 Å². The first-order chi connectivity index (χ1) is 13.4. The molecule has 0 saturated carbocycles. The molecule has 1 unspecified atom stereocenters. The summed E-state index contributed by atoms with van der Waals surface area (Å²) in [6.07, 6.45) is -0.516. The van der Waals surface area contributed by atoms with Gasteiger partial charge >= 0.3 is 5.97 Å². The minimum Gasteiger partial charge on any atom is -0.445 e. The SMILES string of the molecule is CCc1noc(C)c1C(=O)OC(C(=O)c1ccc(C)cc1)c1ccc(C)cc1. The maximum Gasteiger partial charge on any atom is 0.344 e. The predicted molar refractivity (Wildman–Crippen MR) is 105 cm³/mol. The topological polar surface area (TPSA) is 69.4 Å². The molecule has 0 fully saturated rings. The van der Waals surface area contributed by atoms with Gasteiger partial charge in [-0.05, 0) is 27.2 Å². The van der Waals surface area contributed by atoms with Crippen LogP contribution in [0.5, 0.6) is 0 Å². The van der Waals surface area contributed by atoms with Crippen LogP contribution in [-0.2, 0) is 11.2 Å². The Morgan fingerprint density at radius 1 is 0.964 bits per heavy atom. The van der Waals surface area contributed by atoms with Gasteiger partial charge in [0.2, 0.25) is 5.78 Å². The van der Waals surface area contributed by atoms with Crippen LogP contribution < -0.4 is 0 Å². The van der Waals surface area contributed by atoms with Gasteiger partial charge in [-0.1, -0.05) is 71.7 Å². The number of nitrogens with zero attached hydrogens (tertiary/aromatic N) is 1. The summed E-state index contributed by atoms with van der Waals surface area (Å²) in [7, 11) is 0. The van der Waals surface area contributed by atoms with Crippen LogP contribution in [0.1, 0.15) is 61.9 Å². The van der Waals surface area contributed by atoms with Gasteiger partial charge in [0.05, 0.1) is 5.69 Å². The molecule has 0 amide bonds. The maximum atomic E-state index is 13.2. The number of carbonyl (C=O) groups is 2. The highest BCUT2D eigenvalue weighted by Gasteiger charge is 2.29. The summed E-state index contributed by atoms with van der Waals surface area (Å²) in [5, 5.41) is 3.90. The Hall–Kier alpha value is -3.21. The highest BCUT2D eigenvalue weighted by molar-refractivity contribution is 6.02. The number of ether oxygens (including phenoxy) is 1. The zero-order valence-corrected chi connectivity index (χ0v) is 16.5. The molecule has 3 aromatic rings. The molecule has 0 bridgehead atoms. The normalized spacial score (nSPS) is 11.9. The molecular formula is C23H23NO4. The van der Waals surface area contributed by atoms with E-state index >= 15 is 0 Å². The summed E-state index contributed by atoms with van der Waals surface area (Å²) < 4.78 is 10.8. The van der Waals surface area contributed by atoms with Gasteiger partial charge in [0.25, 0.3) is 0 Å². The molecule has 0 spiro atoms. The Kier molecular flexibility index (Phi) is 5.73. The van der Waals surface area contributed by atoms with Crippen LogP contribution in [-0.4, -0.2) is 16.9 Å². The van der Waals surface area contributed by atoms with Crippen molar-refractivity contribution in [1.29, 1.82) is 0 Å². The van der Waals surface area contributed by atoms with E-state index in [9.17, 15) is 9.59 Å². The average Bonchev–Trinajstić information content (AvgIpc) is 3.07. The fraction of sp³-hybridized carbons (Fsp3) is 0.261. The fourth-order valence-electron chi connectivity index (χ4n) is 2.97. The number of ketones is 1. The zero-order valence-electron chi connectivity index (χ0n) is 16.5. The van der Waals surface area contributed by atoms with Crippen LogP contribution in [0, 0.1) is 20.8 Å². The zero-order chi connectivity index (χ0) is 20.3. The Bertz CT molecular complexity index is 984. The van der Waals surface area contributed by atoms with Gasteiger partial charge in [0.1, 0.15) is 11.3 Å². The smallest absolute Gasteiger partial charge is 0.344 e. The van der Waals surface area contributed by atoms with E-state index in [0.29, 0.717) is 29.0 Å². The van der Waals surface area contributed by atoms with E-state index in [2.05, 4.69) is 5.16 Å². The molecule has 2 aromatic carbocycles. The summed E-state index contributed by atoms with van der Waals surface area (Å²) in [6.45, 7) is 7.45.